The largest absolute Gasteiger partial charge is 0.514 e. The van der Waals surface area contributed by atoms with E-state index in [2.05, 4.69) is 62.0 Å². The van der Waals surface area contributed by atoms with Crippen molar-refractivity contribution in [1.29, 1.82) is 0 Å². The number of non-ortho nitro benzene ring substituents is 1. The maximum Gasteiger partial charge on any atom is 0.514 e. The molecule has 0 aromatic heterocycles. The van der Waals surface area contributed by atoms with Gasteiger partial charge >= 0.3 is 6.16 Å². The summed E-state index contributed by atoms with van der Waals surface area (Å²) >= 11 is 0. The van der Waals surface area contributed by atoms with E-state index < -0.39 is 40.9 Å². The summed E-state index contributed by atoms with van der Waals surface area (Å²) < 4.78 is 16.5. The Balaban J connectivity index is 0.815. The molecule has 378 valence electrons. The summed E-state index contributed by atoms with van der Waals surface area (Å²) in [6, 6.07) is 9.53. The van der Waals surface area contributed by atoms with Gasteiger partial charge in [-0.05, 0) is 148 Å². The van der Waals surface area contributed by atoms with Gasteiger partial charge < -0.3 is 35.5 Å². The van der Waals surface area contributed by atoms with Crippen LogP contribution in [-0.2, 0) is 35.3 Å². The van der Waals surface area contributed by atoms with Crippen molar-refractivity contribution >= 4 is 41.2 Å². The molecule has 0 aliphatic heterocycles. The number of ether oxygens (including phenoxy) is 3. The quantitative estimate of drug-likeness (QED) is 0.0220. The highest BCUT2D eigenvalue weighted by Gasteiger charge is 2.59. The van der Waals surface area contributed by atoms with Crippen molar-refractivity contribution in [2.45, 2.75) is 163 Å². The number of benzene rings is 2. The van der Waals surface area contributed by atoms with E-state index in [1.54, 1.807) is 29.8 Å². The van der Waals surface area contributed by atoms with Crippen LogP contribution < -0.4 is 26.0 Å². The number of hydrogen-bond donors (Lipinski definition) is 4. The van der Waals surface area contributed by atoms with Gasteiger partial charge in [0.25, 0.3) is 5.69 Å². The van der Waals surface area contributed by atoms with Crippen molar-refractivity contribution < 1.29 is 43.1 Å². The normalized spacial score (nSPS) is 26.1. The highest BCUT2D eigenvalue weighted by Crippen LogP contribution is 2.67. The summed E-state index contributed by atoms with van der Waals surface area (Å²) in [7, 11) is 0. The zero-order chi connectivity index (χ0) is 49.9. The number of rotatable bonds is 22. The summed E-state index contributed by atoms with van der Waals surface area (Å²) in [5.41, 5.74) is 3.28. The Morgan fingerprint density at radius 2 is 1.51 bits per heavy atom. The number of carbonyl (C=O) groups is 5. The van der Waals surface area contributed by atoms with Crippen LogP contribution in [0.4, 0.5) is 16.2 Å². The number of nitro groups is 1. The van der Waals surface area contributed by atoms with Crippen LogP contribution >= 0.6 is 0 Å². The van der Waals surface area contributed by atoms with Crippen molar-refractivity contribution in [2.24, 2.45) is 46.3 Å². The van der Waals surface area contributed by atoms with Crippen LogP contribution in [0.25, 0.3) is 0 Å². The van der Waals surface area contributed by atoms with Crippen molar-refractivity contribution in [3.63, 3.8) is 0 Å². The Hall–Kier alpha value is -5.31. The van der Waals surface area contributed by atoms with Crippen molar-refractivity contribution in [3.05, 3.63) is 75.9 Å². The fraction of sp³-hybridized carbons (Fsp3) is 0.648. The Morgan fingerprint density at radius 1 is 0.797 bits per heavy atom. The van der Waals surface area contributed by atoms with Crippen LogP contribution in [-0.4, -0.2) is 66.0 Å². The van der Waals surface area contributed by atoms with E-state index in [0.29, 0.717) is 36.2 Å². The number of nitrogens with one attached hydrogen (secondary N) is 4. The van der Waals surface area contributed by atoms with Crippen LogP contribution in [0.1, 0.15) is 144 Å². The molecule has 4 aliphatic carbocycles. The number of amides is 4. The number of carbonyl (C=O) groups excluding carboxylic acids is 5. The second kappa shape index (κ2) is 24.0. The number of anilines is 1. The topological polar surface area (TPSA) is 204 Å². The minimum absolute atomic E-state index is 0.0213. The van der Waals surface area contributed by atoms with Gasteiger partial charge in [0.05, 0.1) is 11.0 Å². The molecule has 0 saturated heterocycles. The standard InChI is InChI=1S/C54H77N5O10/c1-34(2)10-8-11-35(3)45-22-23-46-44-21-14-39-32-43(26-28-53(39,6)47(44)27-29-54(45,46)7)67-31-9-30-55-48(60)24-25-49(61)56-36(4)50(62)57-37(5)51(63)58-40-15-12-38(13-16-40)33-68-52(64)69-42-19-17-41(18-20-42)59(65)66/h12-20,34-37,43-47H,8-11,21-33H2,1-7H3,(H,55,60)(H,56,61)(H,57,62)(H,58,63). The van der Waals surface area contributed by atoms with Gasteiger partial charge in [-0.2, -0.15) is 0 Å². The van der Waals surface area contributed by atoms with Gasteiger partial charge in [-0.15, -0.1) is 0 Å². The molecule has 2 aromatic carbocycles. The second-order valence-electron chi connectivity index (χ2n) is 21.3. The average molecular weight is 956 g/mol. The lowest BCUT2D eigenvalue weighted by molar-refractivity contribution is -0.384. The van der Waals surface area contributed by atoms with Gasteiger partial charge in [0.2, 0.25) is 23.6 Å². The first-order chi connectivity index (χ1) is 32.9. The first kappa shape index (κ1) is 53.0. The lowest BCUT2D eigenvalue weighted by Crippen LogP contribution is -2.51. The Kier molecular flexibility index (Phi) is 18.5. The summed E-state index contributed by atoms with van der Waals surface area (Å²) in [6.07, 6.45) is 16.6. The maximum absolute atomic E-state index is 12.8. The minimum Gasteiger partial charge on any atom is -0.429 e. The van der Waals surface area contributed by atoms with E-state index in [4.69, 9.17) is 14.2 Å². The summed E-state index contributed by atoms with van der Waals surface area (Å²) in [5.74, 6) is 3.26. The van der Waals surface area contributed by atoms with Gasteiger partial charge in [0.15, 0.2) is 0 Å². The SMILES string of the molecule is CC(C)CCCC(C)C1CCC2C3CC=C4CC(OCCCNC(=O)CCC(=O)NC(C)C(=O)NC(C)C(=O)Nc5ccc(COC(=O)Oc6ccc([N+](=O)[O-])cc6)cc5)CCC4(C)C3CCC12C. The maximum atomic E-state index is 12.8. The molecule has 4 aliphatic rings. The van der Waals surface area contributed by atoms with Crippen molar-refractivity contribution in [1.82, 2.24) is 16.0 Å². The van der Waals surface area contributed by atoms with Crippen LogP contribution in [0.15, 0.2) is 60.2 Å². The van der Waals surface area contributed by atoms with Crippen molar-refractivity contribution in [3.8, 4) is 5.75 Å². The molecule has 69 heavy (non-hydrogen) atoms. The fourth-order valence-electron chi connectivity index (χ4n) is 12.3. The van der Waals surface area contributed by atoms with Gasteiger partial charge in [-0.25, -0.2) is 4.79 Å². The van der Waals surface area contributed by atoms with E-state index in [1.807, 2.05) is 0 Å². The van der Waals surface area contributed by atoms with Crippen LogP contribution in [0, 0.1) is 56.5 Å². The molecule has 0 spiro atoms. The van der Waals surface area contributed by atoms with Gasteiger partial charge in [0, 0.05) is 43.8 Å². The van der Waals surface area contributed by atoms with Crippen molar-refractivity contribution in [2.75, 3.05) is 18.5 Å². The summed E-state index contributed by atoms with van der Waals surface area (Å²) in [6.45, 7) is 16.4. The van der Waals surface area contributed by atoms with Gasteiger partial charge in [0.1, 0.15) is 24.4 Å². The summed E-state index contributed by atoms with van der Waals surface area (Å²) in [4.78, 5) is 73.1. The smallest absolute Gasteiger partial charge is 0.429 e. The van der Waals surface area contributed by atoms with Gasteiger partial charge in [-0.3, -0.25) is 29.3 Å². The van der Waals surface area contributed by atoms with E-state index in [-0.39, 0.29) is 48.3 Å². The zero-order valence-electron chi connectivity index (χ0n) is 41.9. The molecule has 15 nitrogen and oxygen atoms in total. The highest BCUT2D eigenvalue weighted by atomic mass is 16.7. The zero-order valence-corrected chi connectivity index (χ0v) is 41.9. The fourth-order valence-corrected chi connectivity index (χ4v) is 12.3. The number of fused-ring (bicyclic) bond motifs is 5. The lowest BCUT2D eigenvalue weighted by atomic mass is 9.47. The Bertz CT molecular complexity index is 2140. The molecule has 4 N–H and O–H groups in total. The summed E-state index contributed by atoms with van der Waals surface area (Å²) in [5, 5.41) is 21.6. The number of nitro benzene ring substituents is 1. The molecule has 3 fully saturated rings. The van der Waals surface area contributed by atoms with E-state index >= 15 is 0 Å². The molecule has 0 bridgehead atoms. The van der Waals surface area contributed by atoms with Gasteiger partial charge in [-0.1, -0.05) is 77.7 Å². The molecule has 6 rings (SSSR count). The van der Waals surface area contributed by atoms with E-state index in [9.17, 15) is 34.1 Å². The monoisotopic (exact) mass is 956 g/mol. The van der Waals surface area contributed by atoms with Crippen LogP contribution in [0.5, 0.6) is 5.75 Å². The number of nitrogens with zero attached hydrogens (tertiary/aromatic N) is 1. The van der Waals surface area contributed by atoms with E-state index in [0.717, 1.165) is 48.3 Å². The Morgan fingerprint density at radius 3 is 2.22 bits per heavy atom. The predicted octanol–water partition coefficient (Wildman–Crippen LogP) is 9.97. The first-order valence-electron chi connectivity index (χ1n) is 25.5. The second-order valence-corrected chi connectivity index (χ2v) is 21.3. The molecule has 10 unspecified atom stereocenters. The molecule has 0 heterocycles. The molecule has 10 atom stereocenters. The number of allylic oxidation sites excluding steroid dienone is 1. The third kappa shape index (κ3) is 13.9. The molecular formula is C54H77N5O10. The molecule has 0 radical (unpaired) electrons. The lowest BCUT2D eigenvalue weighted by Gasteiger charge is -2.58. The van der Waals surface area contributed by atoms with Crippen LogP contribution in [0.2, 0.25) is 0 Å². The molecule has 4 amide bonds. The van der Waals surface area contributed by atoms with E-state index in [1.165, 1.54) is 95.9 Å². The third-order valence-electron chi connectivity index (χ3n) is 16.2. The molecule has 15 heteroatoms. The average Bonchev–Trinajstić information content (AvgIpc) is 3.67. The van der Waals surface area contributed by atoms with Crippen LogP contribution in [0.3, 0.4) is 0 Å². The minimum atomic E-state index is -0.995. The highest BCUT2D eigenvalue weighted by molar-refractivity contribution is 5.98. The molecule has 2 aromatic rings. The molecule has 3 saturated carbocycles. The third-order valence-corrected chi connectivity index (χ3v) is 16.2. The first-order valence-corrected chi connectivity index (χ1v) is 25.5. The number of hydrogen-bond acceptors (Lipinski definition) is 10. The Labute approximate surface area is 408 Å². The predicted molar refractivity (Wildman–Crippen MR) is 264 cm³/mol. The molecular weight excluding hydrogens is 879 g/mol.